The van der Waals surface area contributed by atoms with E-state index in [0.717, 1.165) is 38.6 Å². The Balaban J connectivity index is 1.68. The molecular formula is C14H27N3O. The fourth-order valence-corrected chi connectivity index (χ4v) is 3.04. The summed E-state index contributed by atoms with van der Waals surface area (Å²) < 4.78 is 0. The van der Waals surface area contributed by atoms with Crippen molar-refractivity contribution in [2.24, 2.45) is 5.92 Å². The third-order valence-corrected chi connectivity index (χ3v) is 4.14. The Labute approximate surface area is 111 Å². The summed E-state index contributed by atoms with van der Waals surface area (Å²) in [5.41, 5.74) is 0. The van der Waals surface area contributed by atoms with Crippen molar-refractivity contribution in [1.82, 2.24) is 15.1 Å². The first-order chi connectivity index (χ1) is 8.75. The van der Waals surface area contributed by atoms with E-state index in [1.54, 1.807) is 0 Å². The molecule has 2 heterocycles. The maximum absolute atomic E-state index is 12.1. The van der Waals surface area contributed by atoms with E-state index in [1.807, 2.05) is 4.90 Å². The summed E-state index contributed by atoms with van der Waals surface area (Å²) in [6, 6.07) is 0. The van der Waals surface area contributed by atoms with E-state index in [1.165, 1.54) is 32.1 Å². The number of likely N-dealkylation sites (N-methyl/N-ethyl adjacent to an activating group) is 1. The van der Waals surface area contributed by atoms with Crippen molar-refractivity contribution in [2.45, 2.75) is 32.1 Å². The Bertz CT molecular complexity index is 258. The molecule has 2 rings (SSSR count). The molecule has 18 heavy (non-hydrogen) atoms. The molecule has 4 heteroatoms. The zero-order chi connectivity index (χ0) is 12.8. The largest absolute Gasteiger partial charge is 0.342 e. The zero-order valence-electron chi connectivity index (χ0n) is 11.7. The molecule has 0 aromatic carbocycles. The predicted octanol–water partition coefficient (Wildman–Crippen LogP) is 0.930. The summed E-state index contributed by atoms with van der Waals surface area (Å²) in [6.45, 7) is 5.89. The van der Waals surface area contributed by atoms with Gasteiger partial charge in [0, 0.05) is 19.6 Å². The maximum Gasteiger partial charge on any atom is 0.236 e. The number of rotatable bonds is 4. The molecule has 2 saturated heterocycles. The third kappa shape index (κ3) is 4.25. The van der Waals surface area contributed by atoms with Crippen LogP contribution in [-0.2, 0) is 4.79 Å². The molecule has 0 aromatic rings. The average Bonchev–Trinajstić information content (AvgIpc) is 2.40. The van der Waals surface area contributed by atoms with Crippen LogP contribution in [0.2, 0.25) is 0 Å². The lowest BCUT2D eigenvalue weighted by molar-refractivity contribution is -0.133. The van der Waals surface area contributed by atoms with Crippen molar-refractivity contribution in [3.8, 4) is 0 Å². The van der Waals surface area contributed by atoms with Crippen molar-refractivity contribution in [3.63, 3.8) is 0 Å². The molecule has 1 amide bonds. The van der Waals surface area contributed by atoms with Crippen LogP contribution in [0, 0.1) is 5.92 Å². The first-order valence-electron chi connectivity index (χ1n) is 7.43. The SMILES string of the molecule is CN(CC(=O)N1CCCCC1)CC1CCNCC1. The molecule has 0 atom stereocenters. The van der Waals surface area contributed by atoms with Crippen LogP contribution in [0.4, 0.5) is 0 Å². The van der Waals surface area contributed by atoms with Crippen LogP contribution in [0.5, 0.6) is 0 Å². The molecule has 1 N–H and O–H groups in total. The zero-order valence-corrected chi connectivity index (χ0v) is 11.7. The molecule has 104 valence electrons. The van der Waals surface area contributed by atoms with Gasteiger partial charge in [0.15, 0.2) is 0 Å². The fourth-order valence-electron chi connectivity index (χ4n) is 3.04. The van der Waals surface area contributed by atoms with E-state index in [0.29, 0.717) is 12.5 Å². The second-order valence-electron chi connectivity index (χ2n) is 5.83. The van der Waals surface area contributed by atoms with Gasteiger partial charge in [-0.05, 0) is 58.2 Å². The Morgan fingerprint density at radius 3 is 2.56 bits per heavy atom. The number of nitrogens with zero attached hydrogens (tertiary/aromatic N) is 2. The smallest absolute Gasteiger partial charge is 0.236 e. The lowest BCUT2D eigenvalue weighted by atomic mass is 9.98. The van der Waals surface area contributed by atoms with Crippen molar-refractivity contribution in [2.75, 3.05) is 46.3 Å². The molecule has 0 bridgehead atoms. The number of carbonyl (C=O) groups excluding carboxylic acids is 1. The van der Waals surface area contributed by atoms with Crippen LogP contribution in [-0.4, -0.2) is 62.0 Å². The van der Waals surface area contributed by atoms with Gasteiger partial charge in [-0.1, -0.05) is 0 Å². The first kappa shape index (κ1) is 13.8. The van der Waals surface area contributed by atoms with E-state index >= 15 is 0 Å². The van der Waals surface area contributed by atoms with Gasteiger partial charge in [-0.15, -0.1) is 0 Å². The molecule has 0 aliphatic carbocycles. The molecule has 2 aliphatic rings. The molecule has 4 nitrogen and oxygen atoms in total. The van der Waals surface area contributed by atoms with Gasteiger partial charge >= 0.3 is 0 Å². The van der Waals surface area contributed by atoms with Gasteiger partial charge < -0.3 is 10.2 Å². The number of piperidine rings is 2. The number of carbonyl (C=O) groups is 1. The van der Waals surface area contributed by atoms with Gasteiger partial charge in [-0.3, -0.25) is 9.69 Å². The molecule has 2 fully saturated rings. The quantitative estimate of drug-likeness (QED) is 0.809. The Kier molecular flexibility index (Phi) is 5.45. The van der Waals surface area contributed by atoms with E-state index in [2.05, 4.69) is 17.3 Å². The standard InChI is InChI=1S/C14H27N3O/c1-16(11-13-5-7-15-8-6-13)12-14(18)17-9-3-2-4-10-17/h13,15H,2-12H2,1H3. The van der Waals surface area contributed by atoms with Crippen LogP contribution in [0.3, 0.4) is 0 Å². The molecule has 2 aliphatic heterocycles. The maximum atomic E-state index is 12.1. The number of hydrogen-bond acceptors (Lipinski definition) is 3. The van der Waals surface area contributed by atoms with E-state index in [9.17, 15) is 4.79 Å². The van der Waals surface area contributed by atoms with E-state index in [-0.39, 0.29) is 0 Å². The minimum Gasteiger partial charge on any atom is -0.342 e. The molecule has 0 aromatic heterocycles. The molecule has 0 unspecified atom stereocenters. The minimum atomic E-state index is 0.325. The number of likely N-dealkylation sites (tertiary alicyclic amines) is 1. The van der Waals surface area contributed by atoms with Gasteiger partial charge in [0.2, 0.25) is 5.91 Å². The van der Waals surface area contributed by atoms with Crippen molar-refractivity contribution in [1.29, 1.82) is 0 Å². The highest BCUT2D eigenvalue weighted by Crippen LogP contribution is 2.13. The summed E-state index contributed by atoms with van der Waals surface area (Å²) in [7, 11) is 2.09. The topological polar surface area (TPSA) is 35.6 Å². The Morgan fingerprint density at radius 2 is 1.89 bits per heavy atom. The summed E-state index contributed by atoms with van der Waals surface area (Å²) in [6.07, 6.45) is 6.16. The van der Waals surface area contributed by atoms with Gasteiger partial charge in [0.05, 0.1) is 6.54 Å². The van der Waals surface area contributed by atoms with Crippen LogP contribution >= 0.6 is 0 Å². The summed E-state index contributed by atoms with van der Waals surface area (Å²) in [4.78, 5) is 16.4. The highest BCUT2D eigenvalue weighted by molar-refractivity contribution is 5.78. The van der Waals surface area contributed by atoms with E-state index in [4.69, 9.17) is 0 Å². The van der Waals surface area contributed by atoms with Gasteiger partial charge in [-0.2, -0.15) is 0 Å². The second kappa shape index (κ2) is 7.10. The predicted molar refractivity (Wildman–Crippen MR) is 73.5 cm³/mol. The summed E-state index contributed by atoms with van der Waals surface area (Å²) in [5.74, 6) is 1.09. The van der Waals surface area contributed by atoms with Crippen molar-refractivity contribution >= 4 is 5.91 Å². The minimum absolute atomic E-state index is 0.325. The fraction of sp³-hybridized carbons (Fsp3) is 0.929. The van der Waals surface area contributed by atoms with Crippen LogP contribution in [0.15, 0.2) is 0 Å². The number of amides is 1. The van der Waals surface area contributed by atoms with Crippen molar-refractivity contribution in [3.05, 3.63) is 0 Å². The Morgan fingerprint density at radius 1 is 1.22 bits per heavy atom. The number of hydrogen-bond donors (Lipinski definition) is 1. The third-order valence-electron chi connectivity index (χ3n) is 4.14. The molecule has 0 radical (unpaired) electrons. The van der Waals surface area contributed by atoms with Gasteiger partial charge in [0.1, 0.15) is 0 Å². The van der Waals surface area contributed by atoms with Gasteiger partial charge in [-0.25, -0.2) is 0 Å². The van der Waals surface area contributed by atoms with Crippen LogP contribution in [0.25, 0.3) is 0 Å². The normalized spacial score (nSPS) is 22.4. The lowest BCUT2D eigenvalue weighted by Crippen LogP contribution is -2.43. The van der Waals surface area contributed by atoms with Crippen LogP contribution < -0.4 is 5.32 Å². The van der Waals surface area contributed by atoms with E-state index < -0.39 is 0 Å². The Hall–Kier alpha value is -0.610. The number of nitrogens with one attached hydrogen (secondary N) is 1. The average molecular weight is 253 g/mol. The lowest BCUT2D eigenvalue weighted by Gasteiger charge is -2.31. The van der Waals surface area contributed by atoms with Crippen molar-refractivity contribution < 1.29 is 4.79 Å². The van der Waals surface area contributed by atoms with Crippen LogP contribution in [0.1, 0.15) is 32.1 Å². The second-order valence-corrected chi connectivity index (χ2v) is 5.83. The summed E-state index contributed by atoms with van der Waals surface area (Å²) in [5, 5.41) is 3.39. The molecule has 0 saturated carbocycles. The molecule has 0 spiro atoms. The highest BCUT2D eigenvalue weighted by atomic mass is 16.2. The van der Waals surface area contributed by atoms with Gasteiger partial charge in [0.25, 0.3) is 0 Å². The first-order valence-corrected chi connectivity index (χ1v) is 7.43. The molecular weight excluding hydrogens is 226 g/mol. The monoisotopic (exact) mass is 253 g/mol. The summed E-state index contributed by atoms with van der Waals surface area (Å²) >= 11 is 0. The highest BCUT2D eigenvalue weighted by Gasteiger charge is 2.20.